The van der Waals surface area contributed by atoms with Crippen LogP contribution >= 0.6 is 0 Å². The molecule has 0 aromatic rings. The van der Waals surface area contributed by atoms with Crippen molar-refractivity contribution in [2.24, 2.45) is 10.8 Å². The highest BCUT2D eigenvalue weighted by Crippen LogP contribution is 2.36. The fourth-order valence-corrected chi connectivity index (χ4v) is 1.57. The SMILES string of the molecule is CCC(C)(CCC(C)(C)CCC#N)C(=O)O. The Morgan fingerprint density at radius 1 is 1.25 bits per heavy atom. The highest BCUT2D eigenvalue weighted by molar-refractivity contribution is 5.73. The standard InChI is InChI=1S/C13H23NO2/c1-5-13(4,11(15)16)9-8-12(2,3)7-6-10-14/h5-9H2,1-4H3,(H,15,16). The highest BCUT2D eigenvalue weighted by atomic mass is 16.4. The largest absolute Gasteiger partial charge is 0.481 e. The van der Waals surface area contributed by atoms with Gasteiger partial charge in [0.15, 0.2) is 0 Å². The Kier molecular flexibility index (Phi) is 5.50. The summed E-state index contributed by atoms with van der Waals surface area (Å²) < 4.78 is 0. The van der Waals surface area contributed by atoms with E-state index in [9.17, 15) is 4.79 Å². The second kappa shape index (κ2) is 5.89. The van der Waals surface area contributed by atoms with E-state index in [-0.39, 0.29) is 5.41 Å². The molecule has 0 amide bonds. The number of nitriles is 1. The van der Waals surface area contributed by atoms with Crippen LogP contribution in [0.1, 0.15) is 59.8 Å². The van der Waals surface area contributed by atoms with Crippen molar-refractivity contribution in [3.05, 3.63) is 0 Å². The van der Waals surface area contributed by atoms with E-state index in [1.165, 1.54) is 0 Å². The number of nitrogens with zero attached hydrogens (tertiary/aromatic N) is 1. The van der Waals surface area contributed by atoms with Crippen LogP contribution in [-0.2, 0) is 4.79 Å². The summed E-state index contributed by atoms with van der Waals surface area (Å²) >= 11 is 0. The molecule has 0 bridgehead atoms. The van der Waals surface area contributed by atoms with E-state index < -0.39 is 11.4 Å². The molecule has 1 atom stereocenters. The van der Waals surface area contributed by atoms with Gasteiger partial charge in [0.1, 0.15) is 0 Å². The lowest BCUT2D eigenvalue weighted by molar-refractivity contribution is -0.148. The first kappa shape index (κ1) is 15.0. The fraction of sp³-hybridized carbons (Fsp3) is 0.846. The normalized spacial score (nSPS) is 15.2. The first-order chi connectivity index (χ1) is 7.27. The maximum atomic E-state index is 11.1. The van der Waals surface area contributed by atoms with Gasteiger partial charge >= 0.3 is 5.97 Å². The average Bonchev–Trinajstić information content (AvgIpc) is 2.23. The van der Waals surface area contributed by atoms with Gasteiger partial charge in [-0.1, -0.05) is 20.8 Å². The van der Waals surface area contributed by atoms with Crippen molar-refractivity contribution in [1.29, 1.82) is 5.26 Å². The Labute approximate surface area is 98.5 Å². The molecule has 92 valence electrons. The van der Waals surface area contributed by atoms with Gasteiger partial charge in [-0.15, -0.1) is 0 Å². The van der Waals surface area contributed by atoms with E-state index >= 15 is 0 Å². The molecule has 3 nitrogen and oxygen atoms in total. The molecule has 0 spiro atoms. The third-order valence-electron chi connectivity index (χ3n) is 3.56. The van der Waals surface area contributed by atoms with E-state index in [1.54, 1.807) is 6.92 Å². The summed E-state index contributed by atoms with van der Waals surface area (Å²) in [6, 6.07) is 2.14. The van der Waals surface area contributed by atoms with Crippen LogP contribution in [0.4, 0.5) is 0 Å². The lowest BCUT2D eigenvalue weighted by Gasteiger charge is -2.29. The van der Waals surface area contributed by atoms with E-state index in [0.29, 0.717) is 19.3 Å². The number of carbonyl (C=O) groups is 1. The minimum Gasteiger partial charge on any atom is -0.481 e. The van der Waals surface area contributed by atoms with E-state index in [0.717, 1.165) is 12.8 Å². The van der Waals surface area contributed by atoms with Crippen molar-refractivity contribution in [2.75, 3.05) is 0 Å². The van der Waals surface area contributed by atoms with Gasteiger partial charge in [0.2, 0.25) is 0 Å². The predicted octanol–water partition coefficient (Wildman–Crippen LogP) is 3.60. The van der Waals surface area contributed by atoms with Crippen LogP contribution in [0.2, 0.25) is 0 Å². The molecule has 0 saturated heterocycles. The summed E-state index contributed by atoms with van der Waals surface area (Å²) in [7, 11) is 0. The Balaban J connectivity index is 4.31. The number of rotatable bonds is 7. The summed E-state index contributed by atoms with van der Waals surface area (Å²) in [5.41, 5.74) is -0.564. The average molecular weight is 225 g/mol. The molecule has 0 aliphatic rings. The van der Waals surface area contributed by atoms with Crippen LogP contribution in [0.15, 0.2) is 0 Å². The smallest absolute Gasteiger partial charge is 0.309 e. The van der Waals surface area contributed by atoms with Gasteiger partial charge in [-0.25, -0.2) is 0 Å². The summed E-state index contributed by atoms with van der Waals surface area (Å²) in [6.07, 6.45) is 3.56. The first-order valence-electron chi connectivity index (χ1n) is 5.88. The molecule has 0 aromatic carbocycles. The predicted molar refractivity (Wildman–Crippen MR) is 63.9 cm³/mol. The molecule has 1 unspecified atom stereocenters. The molecule has 0 rings (SSSR count). The second-order valence-corrected chi connectivity index (χ2v) is 5.54. The summed E-state index contributed by atoms with van der Waals surface area (Å²) in [5.74, 6) is -0.717. The van der Waals surface area contributed by atoms with Gasteiger partial charge in [-0.05, 0) is 38.0 Å². The second-order valence-electron chi connectivity index (χ2n) is 5.54. The van der Waals surface area contributed by atoms with Crippen LogP contribution in [0, 0.1) is 22.2 Å². The summed E-state index contributed by atoms with van der Waals surface area (Å²) in [4.78, 5) is 11.1. The molecule has 0 fully saturated rings. The molecule has 1 N–H and O–H groups in total. The van der Waals surface area contributed by atoms with Crippen LogP contribution in [0.3, 0.4) is 0 Å². The number of hydrogen-bond acceptors (Lipinski definition) is 2. The lowest BCUT2D eigenvalue weighted by atomic mass is 9.75. The van der Waals surface area contributed by atoms with Gasteiger partial charge in [-0.3, -0.25) is 4.79 Å². The third-order valence-corrected chi connectivity index (χ3v) is 3.56. The maximum absolute atomic E-state index is 11.1. The van der Waals surface area contributed by atoms with Crippen LogP contribution in [-0.4, -0.2) is 11.1 Å². The van der Waals surface area contributed by atoms with E-state index in [4.69, 9.17) is 10.4 Å². The number of aliphatic carboxylic acids is 1. The van der Waals surface area contributed by atoms with Gasteiger partial charge in [-0.2, -0.15) is 5.26 Å². The molecule has 0 radical (unpaired) electrons. The zero-order chi connectivity index (χ0) is 12.8. The zero-order valence-electron chi connectivity index (χ0n) is 10.8. The molecular weight excluding hydrogens is 202 g/mol. The van der Waals surface area contributed by atoms with Gasteiger partial charge in [0.25, 0.3) is 0 Å². The van der Waals surface area contributed by atoms with Crippen molar-refractivity contribution < 1.29 is 9.90 Å². The lowest BCUT2D eigenvalue weighted by Crippen LogP contribution is -2.28. The van der Waals surface area contributed by atoms with Crippen LogP contribution in [0.25, 0.3) is 0 Å². The Bertz CT molecular complexity index is 278. The van der Waals surface area contributed by atoms with E-state index in [1.807, 2.05) is 6.92 Å². The van der Waals surface area contributed by atoms with Gasteiger partial charge in [0, 0.05) is 6.42 Å². The number of carboxylic acid groups (broad SMARTS) is 1. The molecule has 3 heteroatoms. The maximum Gasteiger partial charge on any atom is 0.309 e. The van der Waals surface area contributed by atoms with Crippen molar-refractivity contribution in [2.45, 2.75) is 59.8 Å². The molecule has 0 saturated carbocycles. The van der Waals surface area contributed by atoms with E-state index in [2.05, 4.69) is 19.9 Å². The quantitative estimate of drug-likeness (QED) is 0.720. The van der Waals surface area contributed by atoms with Gasteiger partial charge < -0.3 is 5.11 Å². The van der Waals surface area contributed by atoms with Crippen molar-refractivity contribution in [3.8, 4) is 6.07 Å². The summed E-state index contributed by atoms with van der Waals surface area (Å²) in [6.45, 7) is 7.91. The Morgan fingerprint density at radius 3 is 2.19 bits per heavy atom. The van der Waals surface area contributed by atoms with Gasteiger partial charge in [0.05, 0.1) is 11.5 Å². The topological polar surface area (TPSA) is 61.1 Å². The molecular formula is C13H23NO2. The number of hydrogen-bond donors (Lipinski definition) is 1. The molecule has 0 heterocycles. The first-order valence-corrected chi connectivity index (χ1v) is 5.88. The van der Waals surface area contributed by atoms with Crippen LogP contribution in [0.5, 0.6) is 0 Å². The highest BCUT2D eigenvalue weighted by Gasteiger charge is 2.32. The minimum absolute atomic E-state index is 0.0572. The van der Waals surface area contributed by atoms with Crippen molar-refractivity contribution in [1.82, 2.24) is 0 Å². The minimum atomic E-state index is -0.717. The molecule has 16 heavy (non-hydrogen) atoms. The zero-order valence-corrected chi connectivity index (χ0v) is 10.8. The monoisotopic (exact) mass is 225 g/mol. The van der Waals surface area contributed by atoms with Crippen molar-refractivity contribution >= 4 is 5.97 Å². The Hall–Kier alpha value is -1.04. The molecule has 0 aromatic heterocycles. The summed E-state index contributed by atoms with van der Waals surface area (Å²) in [5, 5.41) is 17.7. The number of carboxylic acids is 1. The third kappa shape index (κ3) is 4.65. The van der Waals surface area contributed by atoms with Crippen molar-refractivity contribution in [3.63, 3.8) is 0 Å². The molecule has 0 aliphatic heterocycles. The fourth-order valence-electron chi connectivity index (χ4n) is 1.57. The van der Waals surface area contributed by atoms with Crippen LogP contribution < -0.4 is 0 Å². The molecule has 0 aliphatic carbocycles. The Morgan fingerprint density at radius 2 is 1.81 bits per heavy atom.